The van der Waals surface area contributed by atoms with Crippen molar-refractivity contribution in [2.75, 3.05) is 13.1 Å². The zero-order chi connectivity index (χ0) is 11.4. The van der Waals surface area contributed by atoms with Crippen LogP contribution in [0.1, 0.15) is 18.2 Å². The number of carbonyl (C=O) groups is 1. The number of rotatable bonds is 5. The van der Waals surface area contributed by atoms with E-state index in [-0.39, 0.29) is 5.78 Å². The summed E-state index contributed by atoms with van der Waals surface area (Å²) in [6.45, 7) is 5.02. The summed E-state index contributed by atoms with van der Waals surface area (Å²) >= 11 is 6.02. The monoisotopic (exact) mass is 229 g/mol. The summed E-state index contributed by atoms with van der Waals surface area (Å²) in [5.74, 6) is 0.134. The van der Waals surface area contributed by atoms with Crippen LogP contribution in [0.4, 0.5) is 0 Å². The molecule has 0 radical (unpaired) electrons. The molecule has 0 fully saturated rings. The first-order valence-corrected chi connectivity index (χ1v) is 5.34. The zero-order valence-corrected chi connectivity index (χ0v) is 10.1. The van der Waals surface area contributed by atoms with E-state index in [1.165, 1.54) is 0 Å². The highest BCUT2D eigenvalue weighted by atomic mass is 35.5. The Morgan fingerprint density at radius 2 is 2.27 bits per heavy atom. The van der Waals surface area contributed by atoms with Crippen molar-refractivity contribution < 1.29 is 4.79 Å². The van der Waals surface area contributed by atoms with Gasteiger partial charge in [-0.25, -0.2) is 0 Å². The predicted octanol–water partition coefficient (Wildman–Crippen LogP) is 1.10. The van der Waals surface area contributed by atoms with Crippen LogP contribution in [0.2, 0.25) is 5.15 Å². The van der Waals surface area contributed by atoms with Crippen molar-refractivity contribution in [1.29, 1.82) is 0 Å². The van der Waals surface area contributed by atoms with Gasteiger partial charge in [-0.15, -0.1) is 0 Å². The molecule has 1 rings (SSSR count). The van der Waals surface area contributed by atoms with Crippen LogP contribution in [-0.2, 0) is 18.3 Å². The minimum Gasteiger partial charge on any atom is -0.310 e. The number of aryl methyl sites for hydroxylation is 2. The van der Waals surface area contributed by atoms with E-state index in [4.69, 9.17) is 11.6 Å². The molecule has 0 atom stereocenters. The lowest BCUT2D eigenvalue weighted by Gasteiger charge is -2.01. The summed E-state index contributed by atoms with van der Waals surface area (Å²) in [6.07, 6.45) is 0.353. The third-order valence-electron chi connectivity index (χ3n) is 2.22. The van der Waals surface area contributed by atoms with Gasteiger partial charge in [0.25, 0.3) is 0 Å². The third-order valence-corrected chi connectivity index (χ3v) is 2.69. The van der Waals surface area contributed by atoms with Gasteiger partial charge < -0.3 is 5.32 Å². The Kier molecular flexibility index (Phi) is 4.29. The highest BCUT2D eigenvalue weighted by molar-refractivity contribution is 6.30. The van der Waals surface area contributed by atoms with Crippen LogP contribution in [0.25, 0.3) is 0 Å². The van der Waals surface area contributed by atoms with E-state index < -0.39 is 0 Å². The first kappa shape index (κ1) is 12.2. The highest BCUT2D eigenvalue weighted by Crippen LogP contribution is 2.18. The van der Waals surface area contributed by atoms with Crippen LogP contribution in [0.15, 0.2) is 0 Å². The fraction of sp³-hybridized carbons (Fsp3) is 0.600. The second-order valence-corrected chi connectivity index (χ2v) is 3.83. The van der Waals surface area contributed by atoms with Gasteiger partial charge in [-0.2, -0.15) is 5.10 Å². The topological polar surface area (TPSA) is 46.9 Å². The molecule has 0 aliphatic carbocycles. The van der Waals surface area contributed by atoms with Crippen LogP contribution in [0.5, 0.6) is 0 Å². The predicted molar refractivity (Wildman–Crippen MR) is 60.2 cm³/mol. The van der Waals surface area contributed by atoms with Gasteiger partial charge >= 0.3 is 0 Å². The maximum atomic E-state index is 11.5. The van der Waals surface area contributed by atoms with Crippen LogP contribution in [0.3, 0.4) is 0 Å². The number of Topliss-reactive ketones (excluding diaryl/α,β-unsaturated/α-hetero) is 1. The lowest BCUT2D eigenvalue weighted by Crippen LogP contribution is -2.23. The van der Waals surface area contributed by atoms with E-state index in [1.807, 2.05) is 13.8 Å². The molecule has 0 bridgehead atoms. The average Bonchev–Trinajstić information content (AvgIpc) is 2.42. The third kappa shape index (κ3) is 3.04. The van der Waals surface area contributed by atoms with Gasteiger partial charge in [-0.3, -0.25) is 9.48 Å². The standard InChI is InChI=1S/C10H16ClN3O/c1-4-12-6-8(15)5-9-7(2)13-14(3)10(9)11/h12H,4-6H2,1-3H3. The fourth-order valence-electron chi connectivity index (χ4n) is 1.40. The van der Waals surface area contributed by atoms with Crippen molar-refractivity contribution >= 4 is 17.4 Å². The number of hydrogen-bond acceptors (Lipinski definition) is 3. The van der Waals surface area contributed by atoms with E-state index >= 15 is 0 Å². The van der Waals surface area contributed by atoms with E-state index in [9.17, 15) is 4.79 Å². The second-order valence-electron chi connectivity index (χ2n) is 3.47. The van der Waals surface area contributed by atoms with E-state index in [1.54, 1.807) is 11.7 Å². The molecule has 4 nitrogen and oxygen atoms in total. The van der Waals surface area contributed by atoms with Crippen LogP contribution in [0, 0.1) is 6.92 Å². The van der Waals surface area contributed by atoms with Crippen molar-refractivity contribution in [3.63, 3.8) is 0 Å². The molecule has 1 N–H and O–H groups in total. The number of nitrogens with one attached hydrogen (secondary N) is 1. The zero-order valence-electron chi connectivity index (χ0n) is 9.30. The smallest absolute Gasteiger partial charge is 0.151 e. The van der Waals surface area contributed by atoms with Gasteiger partial charge in [0, 0.05) is 19.0 Å². The van der Waals surface area contributed by atoms with Crippen LogP contribution >= 0.6 is 11.6 Å². The summed E-state index contributed by atoms with van der Waals surface area (Å²) in [5.41, 5.74) is 1.66. The Balaban J connectivity index is 2.68. The van der Waals surface area contributed by atoms with Gasteiger partial charge in [0.2, 0.25) is 0 Å². The SMILES string of the molecule is CCNCC(=O)Cc1c(C)nn(C)c1Cl. The molecule has 84 valence electrons. The van der Waals surface area contributed by atoms with Crippen molar-refractivity contribution in [3.05, 3.63) is 16.4 Å². The normalized spacial score (nSPS) is 10.7. The first-order chi connectivity index (χ1) is 7.06. The summed E-state index contributed by atoms with van der Waals surface area (Å²) < 4.78 is 1.59. The number of likely N-dealkylation sites (N-methyl/N-ethyl adjacent to an activating group) is 1. The summed E-state index contributed by atoms with van der Waals surface area (Å²) in [7, 11) is 1.77. The number of halogens is 1. The van der Waals surface area contributed by atoms with Gasteiger partial charge in [0.15, 0.2) is 5.78 Å². The molecule has 5 heteroatoms. The second kappa shape index (κ2) is 5.28. The Morgan fingerprint density at radius 3 is 2.73 bits per heavy atom. The van der Waals surface area contributed by atoms with Crippen LogP contribution in [-0.4, -0.2) is 28.7 Å². The Labute approximate surface area is 94.6 Å². The van der Waals surface area contributed by atoms with Gasteiger partial charge in [0.1, 0.15) is 5.15 Å². The minimum absolute atomic E-state index is 0.134. The molecule has 1 aromatic rings. The Bertz CT molecular complexity index is 360. The maximum absolute atomic E-state index is 11.5. The molecular weight excluding hydrogens is 214 g/mol. The molecule has 0 saturated heterocycles. The van der Waals surface area contributed by atoms with E-state index in [0.29, 0.717) is 18.1 Å². The summed E-state index contributed by atoms with van der Waals surface area (Å²) in [5, 5.41) is 7.70. The molecule has 0 saturated carbocycles. The van der Waals surface area contributed by atoms with Crippen molar-refractivity contribution in [1.82, 2.24) is 15.1 Å². The molecule has 1 heterocycles. The molecule has 15 heavy (non-hydrogen) atoms. The molecule has 0 unspecified atom stereocenters. The molecule has 0 amide bonds. The molecule has 0 aromatic carbocycles. The van der Waals surface area contributed by atoms with Gasteiger partial charge in [0.05, 0.1) is 12.2 Å². The number of aromatic nitrogens is 2. The lowest BCUT2D eigenvalue weighted by molar-refractivity contribution is -0.117. The Morgan fingerprint density at radius 1 is 1.60 bits per heavy atom. The molecular formula is C10H16ClN3O. The number of ketones is 1. The average molecular weight is 230 g/mol. The molecule has 1 aromatic heterocycles. The number of carbonyl (C=O) groups excluding carboxylic acids is 1. The van der Waals surface area contributed by atoms with Gasteiger partial charge in [-0.05, 0) is 13.5 Å². The quantitative estimate of drug-likeness (QED) is 0.823. The maximum Gasteiger partial charge on any atom is 0.151 e. The number of nitrogens with zero attached hydrogens (tertiary/aromatic N) is 2. The number of hydrogen-bond donors (Lipinski definition) is 1. The van der Waals surface area contributed by atoms with Crippen molar-refractivity contribution in [3.8, 4) is 0 Å². The summed E-state index contributed by atoms with van der Waals surface area (Å²) in [6, 6.07) is 0. The van der Waals surface area contributed by atoms with Crippen molar-refractivity contribution in [2.45, 2.75) is 20.3 Å². The van der Waals surface area contributed by atoms with E-state index in [2.05, 4.69) is 10.4 Å². The molecule has 0 aliphatic heterocycles. The highest BCUT2D eigenvalue weighted by Gasteiger charge is 2.14. The Hall–Kier alpha value is -0.870. The van der Waals surface area contributed by atoms with Crippen molar-refractivity contribution in [2.24, 2.45) is 7.05 Å². The fourth-order valence-corrected chi connectivity index (χ4v) is 1.64. The lowest BCUT2D eigenvalue weighted by atomic mass is 10.1. The van der Waals surface area contributed by atoms with E-state index in [0.717, 1.165) is 17.8 Å². The van der Waals surface area contributed by atoms with Gasteiger partial charge in [-0.1, -0.05) is 18.5 Å². The summed E-state index contributed by atoms with van der Waals surface area (Å²) in [4.78, 5) is 11.5. The molecule has 0 spiro atoms. The van der Waals surface area contributed by atoms with Crippen LogP contribution < -0.4 is 5.32 Å². The first-order valence-electron chi connectivity index (χ1n) is 4.96. The largest absolute Gasteiger partial charge is 0.310 e. The molecule has 0 aliphatic rings. The minimum atomic E-state index is 0.134.